The molecule has 1 amide bonds. The molecule has 5 aromatic rings. The van der Waals surface area contributed by atoms with E-state index in [1.54, 1.807) is 18.4 Å². The number of thioether (sulfide) groups is 1. The van der Waals surface area contributed by atoms with Gasteiger partial charge in [0.2, 0.25) is 5.91 Å². The van der Waals surface area contributed by atoms with E-state index in [1.165, 1.54) is 27.8 Å². The summed E-state index contributed by atoms with van der Waals surface area (Å²) >= 11 is 3.13. The molecular weight excluding hydrogens is 528 g/mol. The van der Waals surface area contributed by atoms with Gasteiger partial charge in [0.05, 0.1) is 23.9 Å². The van der Waals surface area contributed by atoms with Crippen molar-refractivity contribution in [1.29, 1.82) is 0 Å². The molecule has 4 heterocycles. The first-order chi connectivity index (χ1) is 19.0. The summed E-state index contributed by atoms with van der Waals surface area (Å²) in [4.78, 5) is 24.7. The number of anilines is 1. The largest absolute Gasteiger partial charge is 0.495 e. The molecule has 6 rings (SSSR count). The predicted octanol–water partition coefficient (Wildman–Crippen LogP) is 5.00. The Bertz CT molecular complexity index is 1640. The number of fused-ring (bicyclic) bond motifs is 3. The van der Waals surface area contributed by atoms with E-state index in [9.17, 15) is 4.79 Å². The topological polar surface area (TPSA) is 75.9 Å². The number of ether oxygens (including phenoxy) is 1. The van der Waals surface area contributed by atoms with Crippen LogP contribution in [0.15, 0.2) is 59.8 Å². The minimum Gasteiger partial charge on any atom is -0.495 e. The Hall–Kier alpha value is -3.63. The number of para-hydroxylation sites is 2. The number of aryl methyl sites for hydroxylation is 2. The van der Waals surface area contributed by atoms with Gasteiger partial charge < -0.3 is 14.5 Å². The molecule has 39 heavy (non-hydrogen) atoms. The Labute approximate surface area is 235 Å². The van der Waals surface area contributed by atoms with E-state index in [2.05, 4.69) is 47.1 Å². The normalized spacial score (nSPS) is 13.9. The lowest BCUT2D eigenvalue weighted by Crippen LogP contribution is -2.49. The molecule has 0 spiro atoms. The lowest BCUT2D eigenvalue weighted by Gasteiger charge is -2.36. The van der Waals surface area contributed by atoms with Crippen LogP contribution >= 0.6 is 23.1 Å². The molecule has 0 aliphatic carbocycles. The van der Waals surface area contributed by atoms with Crippen molar-refractivity contribution in [2.24, 2.45) is 0 Å². The minimum absolute atomic E-state index is 0.109. The fraction of sp³-hybridized carbons (Fsp3) is 0.310. The average Bonchev–Trinajstić information content (AvgIpc) is 3.52. The lowest BCUT2D eigenvalue weighted by atomic mass is 10.1. The first kappa shape index (κ1) is 25.6. The van der Waals surface area contributed by atoms with Crippen LogP contribution < -0.4 is 9.64 Å². The van der Waals surface area contributed by atoms with Gasteiger partial charge in [-0.25, -0.2) is 4.98 Å². The molecule has 3 aromatic heterocycles. The molecule has 0 unspecified atom stereocenters. The fourth-order valence-corrected chi connectivity index (χ4v) is 6.98. The van der Waals surface area contributed by atoms with Crippen molar-refractivity contribution in [2.75, 3.05) is 43.9 Å². The van der Waals surface area contributed by atoms with Crippen LogP contribution in [0.1, 0.15) is 21.8 Å². The maximum Gasteiger partial charge on any atom is 0.233 e. The highest BCUT2D eigenvalue weighted by Crippen LogP contribution is 2.34. The highest BCUT2D eigenvalue weighted by Gasteiger charge is 2.25. The zero-order valence-corrected chi connectivity index (χ0v) is 23.9. The summed E-state index contributed by atoms with van der Waals surface area (Å²) in [6.07, 6.45) is 0.660. The minimum atomic E-state index is 0.109. The number of hydrogen-bond donors (Lipinski definition) is 0. The average molecular weight is 559 g/mol. The van der Waals surface area contributed by atoms with Gasteiger partial charge in [-0.15, -0.1) is 21.5 Å². The molecule has 2 aromatic carbocycles. The first-order valence-corrected chi connectivity index (χ1v) is 14.8. The zero-order valence-electron chi connectivity index (χ0n) is 22.3. The van der Waals surface area contributed by atoms with Crippen molar-refractivity contribution >= 4 is 50.6 Å². The van der Waals surface area contributed by atoms with Gasteiger partial charge in [0.1, 0.15) is 16.4 Å². The van der Waals surface area contributed by atoms with E-state index >= 15 is 0 Å². The molecular formula is C29H30N6O2S2. The number of thiophene rings is 1. The summed E-state index contributed by atoms with van der Waals surface area (Å²) in [7, 11) is 1.69. The van der Waals surface area contributed by atoms with Gasteiger partial charge >= 0.3 is 0 Å². The highest BCUT2D eigenvalue weighted by atomic mass is 32.2. The maximum atomic E-state index is 13.2. The van der Waals surface area contributed by atoms with Crippen molar-refractivity contribution in [3.63, 3.8) is 0 Å². The van der Waals surface area contributed by atoms with Crippen LogP contribution in [-0.2, 0) is 11.2 Å². The van der Waals surface area contributed by atoms with E-state index in [1.807, 2.05) is 45.7 Å². The number of piperazine rings is 1. The second-order valence-corrected chi connectivity index (χ2v) is 11.8. The molecule has 1 aliphatic heterocycles. The number of carbonyl (C=O) groups excluding carboxylic acids is 1. The molecule has 0 N–H and O–H groups in total. The molecule has 1 saturated heterocycles. The summed E-state index contributed by atoms with van der Waals surface area (Å²) in [5.74, 6) is 2.16. The Morgan fingerprint density at radius 1 is 1.00 bits per heavy atom. The number of amides is 1. The first-order valence-electron chi connectivity index (χ1n) is 13.0. The van der Waals surface area contributed by atoms with Gasteiger partial charge in [-0.1, -0.05) is 54.2 Å². The van der Waals surface area contributed by atoms with Gasteiger partial charge in [0.25, 0.3) is 0 Å². The molecule has 200 valence electrons. The monoisotopic (exact) mass is 558 g/mol. The van der Waals surface area contributed by atoms with Crippen LogP contribution in [0.4, 0.5) is 5.69 Å². The van der Waals surface area contributed by atoms with Crippen molar-refractivity contribution in [1.82, 2.24) is 24.5 Å². The number of rotatable bonds is 7. The van der Waals surface area contributed by atoms with Crippen molar-refractivity contribution in [3.8, 4) is 5.75 Å². The summed E-state index contributed by atoms with van der Waals surface area (Å²) in [5.41, 5.74) is 4.24. The molecule has 1 aliphatic rings. The standard InChI is InChI=1S/C29H30N6O2S2/c1-19-20(2)39-28-26(19)27-31-32-29(35(27)24(30-28)17-21-9-5-4-6-10-21)38-18-25(36)34-15-13-33(14-16-34)22-11-7-8-12-23(22)37-3/h4-12H,13-18H2,1-3H3. The lowest BCUT2D eigenvalue weighted by molar-refractivity contribution is -0.128. The number of benzene rings is 2. The van der Waals surface area contributed by atoms with Crippen molar-refractivity contribution in [3.05, 3.63) is 76.4 Å². The van der Waals surface area contributed by atoms with E-state index in [-0.39, 0.29) is 5.91 Å². The molecule has 1 fully saturated rings. The van der Waals surface area contributed by atoms with E-state index < -0.39 is 0 Å². The van der Waals surface area contributed by atoms with Crippen LogP contribution in [-0.4, -0.2) is 69.4 Å². The summed E-state index contributed by atoms with van der Waals surface area (Å²) < 4.78 is 7.57. The molecule has 0 atom stereocenters. The van der Waals surface area contributed by atoms with Crippen LogP contribution in [0.3, 0.4) is 0 Å². The highest BCUT2D eigenvalue weighted by molar-refractivity contribution is 7.99. The van der Waals surface area contributed by atoms with Crippen LogP contribution in [0.25, 0.3) is 15.9 Å². The van der Waals surface area contributed by atoms with Crippen molar-refractivity contribution < 1.29 is 9.53 Å². The number of methoxy groups -OCH3 is 1. The van der Waals surface area contributed by atoms with E-state index in [4.69, 9.17) is 9.72 Å². The Balaban J connectivity index is 1.21. The molecule has 0 saturated carbocycles. The van der Waals surface area contributed by atoms with E-state index in [0.29, 0.717) is 30.4 Å². The SMILES string of the molecule is COc1ccccc1N1CCN(C(=O)CSc2nnc3c4c(C)c(C)sc4nc(Cc4ccccc4)n23)CC1. The third-order valence-electron chi connectivity index (χ3n) is 7.30. The van der Waals surface area contributed by atoms with Gasteiger partial charge in [0.15, 0.2) is 10.8 Å². The Kier molecular flexibility index (Phi) is 7.14. The Morgan fingerprint density at radius 3 is 2.51 bits per heavy atom. The Morgan fingerprint density at radius 2 is 1.74 bits per heavy atom. The van der Waals surface area contributed by atoms with Crippen molar-refractivity contribution in [2.45, 2.75) is 25.4 Å². The van der Waals surface area contributed by atoms with Crippen LogP contribution in [0.5, 0.6) is 5.75 Å². The number of aromatic nitrogens is 4. The third kappa shape index (κ3) is 4.94. The summed E-state index contributed by atoms with van der Waals surface area (Å²) in [6, 6.07) is 18.3. The van der Waals surface area contributed by atoms with Crippen LogP contribution in [0, 0.1) is 13.8 Å². The number of carbonyl (C=O) groups is 1. The summed E-state index contributed by atoms with van der Waals surface area (Å²) in [6.45, 7) is 7.12. The molecule has 8 nitrogen and oxygen atoms in total. The van der Waals surface area contributed by atoms with Gasteiger partial charge in [-0.05, 0) is 37.1 Å². The predicted molar refractivity (Wildman–Crippen MR) is 157 cm³/mol. The van der Waals surface area contributed by atoms with Gasteiger partial charge in [0, 0.05) is 37.5 Å². The second-order valence-electron chi connectivity index (χ2n) is 9.62. The second kappa shape index (κ2) is 10.9. The van der Waals surface area contributed by atoms with Gasteiger partial charge in [-0.3, -0.25) is 9.20 Å². The van der Waals surface area contributed by atoms with E-state index in [0.717, 1.165) is 46.2 Å². The van der Waals surface area contributed by atoms with Gasteiger partial charge in [-0.2, -0.15) is 0 Å². The quantitative estimate of drug-likeness (QED) is 0.260. The number of nitrogens with zero attached hydrogens (tertiary/aromatic N) is 6. The smallest absolute Gasteiger partial charge is 0.233 e. The third-order valence-corrected chi connectivity index (χ3v) is 9.32. The molecule has 0 radical (unpaired) electrons. The zero-order chi connectivity index (χ0) is 26.9. The summed E-state index contributed by atoms with van der Waals surface area (Å²) in [5, 5.41) is 10.9. The van der Waals surface area contributed by atoms with Crippen LogP contribution in [0.2, 0.25) is 0 Å². The number of hydrogen-bond acceptors (Lipinski definition) is 8. The fourth-order valence-electron chi connectivity index (χ4n) is 5.08. The maximum absolute atomic E-state index is 13.2. The molecule has 0 bridgehead atoms. The molecule has 10 heteroatoms.